The Balaban J connectivity index is 3.90. The van der Waals surface area contributed by atoms with Crippen LogP contribution in [0.15, 0.2) is 0 Å². The Morgan fingerprint density at radius 3 is 2.27 bits per heavy atom. The van der Waals surface area contributed by atoms with Gasteiger partial charge in [-0.2, -0.15) is 0 Å². The summed E-state index contributed by atoms with van der Waals surface area (Å²) in [5, 5.41) is 2.29. The predicted octanol–water partition coefficient (Wildman–Crippen LogP) is -0.540. The molecule has 0 aliphatic carbocycles. The first kappa shape index (κ1) is 14.8. The number of hydrogen-bond acceptors (Lipinski definition) is 4. The summed E-state index contributed by atoms with van der Waals surface area (Å²) in [4.78, 5) is 36.2. The van der Waals surface area contributed by atoms with Gasteiger partial charge in [-0.15, -0.1) is 0 Å². The van der Waals surface area contributed by atoms with Gasteiger partial charge in [0.2, 0.25) is 5.91 Å². The van der Waals surface area contributed by atoms with Crippen molar-refractivity contribution < 1.29 is 33.1 Å². The lowest BCUT2D eigenvalue weighted by atomic mass is 10.6. The molecule has 1 amide bonds. The third kappa shape index (κ3) is 10.1. The Kier molecular flexibility index (Phi) is 5.66. The molecule has 15 heavy (non-hydrogen) atoms. The van der Waals surface area contributed by atoms with Gasteiger partial charge in [-0.05, 0) is 0 Å². The molecule has 0 saturated heterocycles. The molecule has 0 rings (SSSR count). The van der Waals surface area contributed by atoms with Gasteiger partial charge < -0.3 is 24.5 Å². The zero-order valence-corrected chi connectivity index (χ0v) is 9.78. The van der Waals surface area contributed by atoms with Crippen LogP contribution < -0.4 is 5.32 Å². The van der Waals surface area contributed by atoms with Crippen LogP contribution in [0.2, 0.25) is 0 Å². The van der Waals surface area contributed by atoms with Gasteiger partial charge in [-0.25, -0.2) is 0 Å². The average molecular weight is 261 g/mol. The van der Waals surface area contributed by atoms with E-state index in [0.29, 0.717) is 0 Å². The van der Waals surface area contributed by atoms with E-state index in [1.165, 1.54) is 6.92 Å². The van der Waals surface area contributed by atoms with E-state index in [1.807, 2.05) is 0 Å². The second-order valence-electron chi connectivity index (χ2n) is 2.76. The van der Waals surface area contributed by atoms with Crippen LogP contribution in [0.25, 0.3) is 0 Å². The lowest BCUT2D eigenvalue weighted by molar-refractivity contribution is -0.119. The van der Waals surface area contributed by atoms with Crippen molar-refractivity contribution in [3.63, 3.8) is 0 Å². The van der Waals surface area contributed by atoms with Crippen LogP contribution in [0.1, 0.15) is 6.92 Å². The number of carbonyl (C=O) groups is 1. The molecule has 1 atom stereocenters. The molecule has 0 bridgehead atoms. The van der Waals surface area contributed by atoms with Gasteiger partial charge in [0.25, 0.3) is 0 Å². The molecule has 8 nitrogen and oxygen atoms in total. The molecule has 0 aliphatic heterocycles. The maximum atomic E-state index is 11.0. The molecule has 4 N–H and O–H groups in total. The maximum absolute atomic E-state index is 11.0. The fourth-order valence-corrected chi connectivity index (χ4v) is 3.25. The van der Waals surface area contributed by atoms with Crippen molar-refractivity contribution in [2.45, 2.75) is 6.92 Å². The molecule has 10 heteroatoms. The lowest BCUT2D eigenvalue weighted by Gasteiger charge is -2.12. The third-order valence-corrected chi connectivity index (χ3v) is 4.62. The molecule has 0 aromatic heterocycles. The van der Waals surface area contributed by atoms with Crippen molar-refractivity contribution in [1.29, 1.82) is 0 Å². The quantitative estimate of drug-likeness (QED) is 0.372. The van der Waals surface area contributed by atoms with Crippen LogP contribution in [0, 0.1) is 0 Å². The second-order valence-corrected chi connectivity index (χ2v) is 6.75. The van der Waals surface area contributed by atoms with Crippen molar-refractivity contribution in [2.75, 3.05) is 19.1 Å². The molecule has 0 radical (unpaired) electrons. The molecule has 0 aliphatic rings. The number of hydrogen-bond donors (Lipinski definition) is 4. The first-order chi connectivity index (χ1) is 6.62. The minimum atomic E-state index is -4.58. The fraction of sp³-hybridized carbons (Fsp3) is 0.800. The molecule has 0 aromatic carbocycles. The van der Waals surface area contributed by atoms with Crippen molar-refractivity contribution in [3.8, 4) is 0 Å². The number of carbonyl (C=O) groups excluding carboxylic acids is 1. The molecular weight excluding hydrogens is 248 g/mol. The minimum absolute atomic E-state index is 0.00103. The van der Waals surface area contributed by atoms with Crippen LogP contribution in [0.4, 0.5) is 0 Å². The van der Waals surface area contributed by atoms with Crippen molar-refractivity contribution in [3.05, 3.63) is 0 Å². The minimum Gasteiger partial charge on any atom is -0.354 e. The summed E-state index contributed by atoms with van der Waals surface area (Å²) in [7, 11) is -8.87. The highest BCUT2D eigenvalue weighted by atomic mass is 31.2. The Morgan fingerprint density at radius 1 is 1.33 bits per heavy atom. The molecule has 0 aromatic rings. The number of amides is 1. The molecular formula is C5H13NO7P2. The molecule has 0 fully saturated rings. The van der Waals surface area contributed by atoms with Crippen LogP contribution in [0.3, 0.4) is 0 Å². The second kappa shape index (κ2) is 5.75. The average Bonchev–Trinajstić information content (AvgIpc) is 1.93. The van der Waals surface area contributed by atoms with E-state index in [-0.39, 0.29) is 19.1 Å². The Bertz CT molecular complexity index is 311. The third-order valence-electron chi connectivity index (χ3n) is 1.13. The summed E-state index contributed by atoms with van der Waals surface area (Å²) in [6, 6.07) is 0. The van der Waals surface area contributed by atoms with Crippen LogP contribution in [0.5, 0.6) is 0 Å². The van der Waals surface area contributed by atoms with Crippen LogP contribution in [-0.2, 0) is 18.4 Å². The van der Waals surface area contributed by atoms with E-state index >= 15 is 0 Å². The van der Waals surface area contributed by atoms with E-state index in [4.69, 9.17) is 14.7 Å². The zero-order chi connectivity index (χ0) is 12.1. The SMILES string of the molecule is CC(=O)NCCOP(=O)(O)CP(=O)(O)O. The summed E-state index contributed by atoms with van der Waals surface area (Å²) in [6.45, 7) is 0.975. The van der Waals surface area contributed by atoms with E-state index in [2.05, 4.69) is 9.84 Å². The van der Waals surface area contributed by atoms with E-state index < -0.39 is 21.1 Å². The number of nitrogens with one attached hydrogen (secondary N) is 1. The van der Waals surface area contributed by atoms with Gasteiger partial charge >= 0.3 is 15.2 Å². The fourth-order valence-electron chi connectivity index (χ4n) is 0.689. The molecule has 0 heterocycles. The Hall–Kier alpha value is -0.230. The smallest absolute Gasteiger partial charge is 0.340 e. The predicted molar refractivity (Wildman–Crippen MR) is 51.4 cm³/mol. The summed E-state index contributed by atoms with van der Waals surface area (Å²) in [5.74, 6) is -1.55. The van der Waals surface area contributed by atoms with Gasteiger partial charge in [0, 0.05) is 13.5 Å². The van der Waals surface area contributed by atoms with E-state index in [1.54, 1.807) is 0 Å². The topological polar surface area (TPSA) is 133 Å². The highest BCUT2D eigenvalue weighted by molar-refractivity contribution is 7.70. The molecule has 1 unspecified atom stereocenters. The number of rotatable bonds is 6. The Morgan fingerprint density at radius 2 is 1.87 bits per heavy atom. The van der Waals surface area contributed by atoms with Crippen LogP contribution >= 0.6 is 15.2 Å². The van der Waals surface area contributed by atoms with Crippen molar-refractivity contribution in [1.82, 2.24) is 5.32 Å². The largest absolute Gasteiger partial charge is 0.354 e. The van der Waals surface area contributed by atoms with E-state index in [0.717, 1.165) is 0 Å². The summed E-state index contributed by atoms with van der Waals surface area (Å²) < 4.78 is 25.8. The van der Waals surface area contributed by atoms with E-state index in [9.17, 15) is 13.9 Å². The maximum Gasteiger partial charge on any atom is 0.340 e. The van der Waals surface area contributed by atoms with Crippen LogP contribution in [-0.4, -0.2) is 39.6 Å². The summed E-state index contributed by atoms with van der Waals surface area (Å²) in [5.41, 5.74) is 0. The zero-order valence-electron chi connectivity index (χ0n) is 7.99. The van der Waals surface area contributed by atoms with Gasteiger partial charge in [0.1, 0.15) is 0 Å². The monoisotopic (exact) mass is 261 g/mol. The lowest BCUT2D eigenvalue weighted by Crippen LogP contribution is -2.24. The summed E-state index contributed by atoms with van der Waals surface area (Å²) >= 11 is 0. The van der Waals surface area contributed by atoms with Crippen molar-refractivity contribution >= 4 is 21.1 Å². The summed E-state index contributed by atoms with van der Waals surface area (Å²) in [6.07, 6.45) is 0. The molecule has 0 spiro atoms. The van der Waals surface area contributed by atoms with Crippen molar-refractivity contribution in [2.24, 2.45) is 0 Å². The van der Waals surface area contributed by atoms with Gasteiger partial charge in [0.15, 0.2) is 5.90 Å². The van der Waals surface area contributed by atoms with Gasteiger partial charge in [-0.3, -0.25) is 13.9 Å². The highest BCUT2D eigenvalue weighted by Crippen LogP contribution is 2.55. The molecule has 0 saturated carbocycles. The van der Waals surface area contributed by atoms with Gasteiger partial charge in [0.05, 0.1) is 6.61 Å². The first-order valence-electron chi connectivity index (χ1n) is 3.88. The molecule has 90 valence electrons. The standard InChI is InChI=1S/C5H13NO7P2/c1-5(7)6-2-3-13-15(11,12)4-14(8,9)10/h2-4H2,1H3,(H,6,7)(H,11,12)(H2,8,9,10). The normalized spacial score (nSPS) is 15.7. The first-order valence-corrected chi connectivity index (χ1v) is 7.44. The van der Waals surface area contributed by atoms with Gasteiger partial charge in [-0.1, -0.05) is 0 Å². The Labute approximate surface area is 86.3 Å². The highest BCUT2D eigenvalue weighted by Gasteiger charge is 2.30.